The van der Waals surface area contributed by atoms with Crippen LogP contribution in [0.25, 0.3) is 0 Å². The molecule has 1 heterocycles. The molecule has 0 aromatic heterocycles. The van der Waals surface area contributed by atoms with Gasteiger partial charge in [0.15, 0.2) is 0 Å². The van der Waals surface area contributed by atoms with Gasteiger partial charge in [0, 0.05) is 20.2 Å². The van der Waals surface area contributed by atoms with Crippen LogP contribution in [0.4, 0.5) is 0 Å². The van der Waals surface area contributed by atoms with E-state index >= 15 is 0 Å². The number of rotatable bonds is 4. The zero-order valence-corrected chi connectivity index (χ0v) is 12.4. The minimum Gasteiger partial charge on any atom is -0.481 e. The summed E-state index contributed by atoms with van der Waals surface area (Å²) in [5.41, 5.74) is 0. The number of piperidine rings is 1. The third-order valence-electron chi connectivity index (χ3n) is 4.67. The van der Waals surface area contributed by atoms with Crippen LogP contribution >= 0.6 is 0 Å². The van der Waals surface area contributed by atoms with Gasteiger partial charge in [0.05, 0.1) is 18.4 Å². The second-order valence-electron chi connectivity index (χ2n) is 6.38. The number of nitrogens with zero attached hydrogens (tertiary/aromatic N) is 1. The summed E-state index contributed by atoms with van der Waals surface area (Å²) in [5.74, 6) is -0.894. The van der Waals surface area contributed by atoms with E-state index in [-0.39, 0.29) is 11.8 Å². The summed E-state index contributed by atoms with van der Waals surface area (Å²) in [6, 6.07) is 0. The number of ether oxygens (including phenoxy) is 1. The topological polar surface area (TPSA) is 66.8 Å². The molecule has 1 N–H and O–H groups in total. The van der Waals surface area contributed by atoms with Crippen LogP contribution in [0.15, 0.2) is 0 Å². The van der Waals surface area contributed by atoms with Crippen molar-refractivity contribution in [1.82, 2.24) is 4.90 Å². The third kappa shape index (κ3) is 3.32. The van der Waals surface area contributed by atoms with Crippen molar-refractivity contribution in [2.24, 2.45) is 23.7 Å². The van der Waals surface area contributed by atoms with E-state index in [9.17, 15) is 14.7 Å². The quantitative estimate of drug-likeness (QED) is 0.851. The van der Waals surface area contributed by atoms with Crippen LogP contribution in [-0.2, 0) is 14.3 Å². The first-order chi connectivity index (χ1) is 9.52. The average molecular weight is 283 g/mol. The molecule has 1 aliphatic carbocycles. The molecule has 1 amide bonds. The van der Waals surface area contributed by atoms with Gasteiger partial charge in [-0.05, 0) is 37.5 Å². The van der Waals surface area contributed by atoms with E-state index in [0.717, 1.165) is 19.4 Å². The van der Waals surface area contributed by atoms with Gasteiger partial charge in [-0.15, -0.1) is 0 Å². The molecule has 114 valence electrons. The molecule has 1 saturated carbocycles. The fraction of sp³-hybridized carbons (Fsp3) is 0.867. The molecule has 1 saturated heterocycles. The highest BCUT2D eigenvalue weighted by molar-refractivity contribution is 5.85. The van der Waals surface area contributed by atoms with Crippen LogP contribution < -0.4 is 0 Å². The largest absolute Gasteiger partial charge is 0.481 e. The maximum Gasteiger partial charge on any atom is 0.307 e. The van der Waals surface area contributed by atoms with E-state index in [4.69, 9.17) is 4.74 Å². The number of likely N-dealkylation sites (tertiary alicyclic amines) is 1. The van der Waals surface area contributed by atoms with Crippen molar-refractivity contribution < 1.29 is 19.4 Å². The first kappa shape index (κ1) is 15.3. The minimum atomic E-state index is -0.821. The Kier molecular flexibility index (Phi) is 5.02. The molecule has 2 rings (SSSR count). The van der Waals surface area contributed by atoms with Crippen LogP contribution in [0.5, 0.6) is 0 Å². The molecule has 0 aromatic carbocycles. The Morgan fingerprint density at radius 2 is 2.00 bits per heavy atom. The van der Waals surface area contributed by atoms with E-state index < -0.39 is 11.9 Å². The summed E-state index contributed by atoms with van der Waals surface area (Å²) in [4.78, 5) is 25.8. The highest BCUT2D eigenvalue weighted by Crippen LogP contribution is 2.38. The molecule has 0 bridgehead atoms. The van der Waals surface area contributed by atoms with Gasteiger partial charge in [-0.2, -0.15) is 0 Å². The Morgan fingerprint density at radius 1 is 1.30 bits per heavy atom. The summed E-state index contributed by atoms with van der Waals surface area (Å²) in [6.07, 6.45) is 3.41. The lowest BCUT2D eigenvalue weighted by Crippen LogP contribution is -2.45. The number of hydrogen-bond donors (Lipinski definition) is 1. The molecule has 0 spiro atoms. The fourth-order valence-corrected chi connectivity index (χ4v) is 3.71. The Hall–Kier alpha value is -1.10. The van der Waals surface area contributed by atoms with Crippen LogP contribution in [-0.4, -0.2) is 48.7 Å². The summed E-state index contributed by atoms with van der Waals surface area (Å²) in [7, 11) is 1.68. The van der Waals surface area contributed by atoms with Gasteiger partial charge in [0.2, 0.25) is 5.91 Å². The number of carboxylic acids is 1. The Balaban J connectivity index is 2.00. The zero-order valence-electron chi connectivity index (χ0n) is 12.4. The summed E-state index contributed by atoms with van der Waals surface area (Å²) in [6.45, 7) is 4.18. The highest BCUT2D eigenvalue weighted by Gasteiger charge is 2.43. The Morgan fingerprint density at radius 3 is 2.65 bits per heavy atom. The van der Waals surface area contributed by atoms with Gasteiger partial charge < -0.3 is 14.7 Å². The molecule has 0 radical (unpaired) electrons. The number of carbonyl (C=O) groups excluding carboxylic acids is 1. The lowest BCUT2D eigenvalue weighted by atomic mass is 9.92. The molecule has 2 fully saturated rings. The summed E-state index contributed by atoms with van der Waals surface area (Å²) < 4.78 is 5.18. The van der Waals surface area contributed by atoms with Crippen LogP contribution in [0, 0.1) is 23.7 Å². The fourth-order valence-electron chi connectivity index (χ4n) is 3.71. The smallest absolute Gasteiger partial charge is 0.307 e. The maximum atomic E-state index is 12.6. The number of carbonyl (C=O) groups is 2. The number of hydrogen-bond acceptors (Lipinski definition) is 3. The van der Waals surface area contributed by atoms with Crippen LogP contribution in [0.2, 0.25) is 0 Å². The summed E-state index contributed by atoms with van der Waals surface area (Å²) >= 11 is 0. The van der Waals surface area contributed by atoms with Crippen molar-refractivity contribution >= 4 is 11.9 Å². The first-order valence-corrected chi connectivity index (χ1v) is 7.53. The van der Waals surface area contributed by atoms with Gasteiger partial charge in [-0.3, -0.25) is 9.59 Å². The molecule has 5 nitrogen and oxygen atoms in total. The maximum absolute atomic E-state index is 12.6. The first-order valence-electron chi connectivity index (χ1n) is 7.53. The SMILES string of the molecule is COCC1CCCN(C(=O)[C@H]2CC(C)C[C@H]2C(=O)O)C1. The van der Waals surface area contributed by atoms with E-state index in [0.29, 0.717) is 37.8 Å². The molecule has 2 unspecified atom stereocenters. The van der Waals surface area contributed by atoms with E-state index in [1.165, 1.54) is 0 Å². The van der Waals surface area contributed by atoms with E-state index in [1.54, 1.807) is 7.11 Å². The van der Waals surface area contributed by atoms with Gasteiger partial charge in [-0.25, -0.2) is 0 Å². The van der Waals surface area contributed by atoms with Crippen molar-refractivity contribution in [3.05, 3.63) is 0 Å². The number of carboxylic acid groups (broad SMARTS) is 1. The lowest BCUT2D eigenvalue weighted by molar-refractivity contribution is -0.150. The van der Waals surface area contributed by atoms with Crippen LogP contribution in [0.3, 0.4) is 0 Å². The number of methoxy groups -OCH3 is 1. The molecule has 0 aromatic rings. The Labute approximate surface area is 120 Å². The Bertz CT molecular complexity index is 369. The zero-order chi connectivity index (χ0) is 14.7. The molecular weight excluding hydrogens is 258 g/mol. The van der Waals surface area contributed by atoms with Crippen molar-refractivity contribution in [1.29, 1.82) is 0 Å². The second kappa shape index (κ2) is 6.57. The van der Waals surface area contributed by atoms with E-state index in [1.807, 2.05) is 11.8 Å². The number of amides is 1. The normalized spacial score (nSPS) is 34.2. The van der Waals surface area contributed by atoms with Gasteiger partial charge in [-0.1, -0.05) is 6.92 Å². The predicted molar refractivity (Wildman–Crippen MR) is 74.2 cm³/mol. The van der Waals surface area contributed by atoms with Gasteiger partial charge >= 0.3 is 5.97 Å². The minimum absolute atomic E-state index is 0.0440. The molecule has 20 heavy (non-hydrogen) atoms. The van der Waals surface area contributed by atoms with Gasteiger partial charge in [0.1, 0.15) is 0 Å². The van der Waals surface area contributed by atoms with Crippen molar-refractivity contribution in [3.8, 4) is 0 Å². The molecule has 5 heteroatoms. The highest BCUT2D eigenvalue weighted by atomic mass is 16.5. The molecule has 4 atom stereocenters. The lowest BCUT2D eigenvalue weighted by Gasteiger charge is -2.34. The van der Waals surface area contributed by atoms with Crippen molar-refractivity contribution in [2.75, 3.05) is 26.8 Å². The standard InChI is InChI=1S/C15H25NO4/c1-10-6-12(13(7-10)15(18)19)14(17)16-5-3-4-11(8-16)9-20-2/h10-13H,3-9H2,1-2H3,(H,18,19)/t10?,11?,12-,13+/m0/s1. The predicted octanol–water partition coefficient (Wildman–Crippen LogP) is 1.62. The van der Waals surface area contributed by atoms with Crippen molar-refractivity contribution in [2.45, 2.75) is 32.6 Å². The average Bonchev–Trinajstić information content (AvgIpc) is 2.81. The molecular formula is C15H25NO4. The molecule has 2 aliphatic rings. The monoisotopic (exact) mass is 283 g/mol. The van der Waals surface area contributed by atoms with Crippen molar-refractivity contribution in [3.63, 3.8) is 0 Å². The van der Waals surface area contributed by atoms with Crippen LogP contribution in [0.1, 0.15) is 32.6 Å². The number of aliphatic carboxylic acids is 1. The second-order valence-corrected chi connectivity index (χ2v) is 6.38. The van der Waals surface area contributed by atoms with Gasteiger partial charge in [0.25, 0.3) is 0 Å². The third-order valence-corrected chi connectivity index (χ3v) is 4.67. The summed E-state index contributed by atoms with van der Waals surface area (Å²) in [5, 5.41) is 9.29. The van der Waals surface area contributed by atoms with E-state index in [2.05, 4.69) is 0 Å². The molecule has 1 aliphatic heterocycles.